The number of benzene rings is 2. The van der Waals surface area contributed by atoms with E-state index in [9.17, 15) is 13.2 Å². The van der Waals surface area contributed by atoms with Crippen LogP contribution in [0.1, 0.15) is 10.4 Å². The van der Waals surface area contributed by atoms with E-state index < -0.39 is 15.9 Å². The molecule has 0 saturated carbocycles. The number of hydrogen-bond donors (Lipinski definition) is 1. The zero-order valence-electron chi connectivity index (χ0n) is 16.1. The summed E-state index contributed by atoms with van der Waals surface area (Å²) in [6.45, 7) is 0. The Morgan fingerprint density at radius 2 is 1.90 bits per heavy atom. The van der Waals surface area contributed by atoms with Crippen molar-refractivity contribution in [2.75, 3.05) is 26.5 Å². The van der Waals surface area contributed by atoms with E-state index in [1.54, 1.807) is 23.6 Å². The molecule has 0 bridgehead atoms. The molecule has 0 aliphatic carbocycles. The molecule has 1 heterocycles. The highest BCUT2D eigenvalue weighted by molar-refractivity contribution is 7.89. The van der Waals surface area contributed by atoms with Crippen molar-refractivity contribution in [2.24, 2.45) is 0 Å². The van der Waals surface area contributed by atoms with Crippen LogP contribution in [0.2, 0.25) is 10.0 Å². The fraction of sp³-hybridized carbons (Fsp3) is 0.158. The molecule has 1 amide bonds. The number of carbonyl (C=O) groups is 1. The van der Waals surface area contributed by atoms with E-state index in [1.807, 2.05) is 0 Å². The molecule has 0 spiro atoms. The lowest BCUT2D eigenvalue weighted by Gasteiger charge is -2.15. The lowest BCUT2D eigenvalue weighted by atomic mass is 10.2. The van der Waals surface area contributed by atoms with Crippen molar-refractivity contribution in [1.29, 1.82) is 0 Å². The minimum atomic E-state index is -3.80. The maximum absolute atomic E-state index is 12.7. The zero-order chi connectivity index (χ0) is 22.1. The smallest absolute Gasteiger partial charge is 0.257 e. The Morgan fingerprint density at radius 1 is 1.17 bits per heavy atom. The molecule has 11 heteroatoms. The third-order valence-electron chi connectivity index (χ3n) is 4.12. The number of carbonyl (C=O) groups excluding carboxylic acids is 1. The highest BCUT2D eigenvalue weighted by atomic mass is 35.5. The van der Waals surface area contributed by atoms with Gasteiger partial charge in [0.05, 0.1) is 17.8 Å². The monoisotopic (exact) mass is 485 g/mol. The Morgan fingerprint density at radius 3 is 2.53 bits per heavy atom. The van der Waals surface area contributed by atoms with Gasteiger partial charge in [-0.3, -0.25) is 10.1 Å². The predicted molar refractivity (Wildman–Crippen MR) is 119 cm³/mol. The van der Waals surface area contributed by atoms with E-state index >= 15 is 0 Å². The Kier molecular flexibility index (Phi) is 6.68. The van der Waals surface area contributed by atoms with Crippen LogP contribution in [-0.4, -0.2) is 44.8 Å². The quantitative estimate of drug-likeness (QED) is 0.549. The first-order valence-corrected chi connectivity index (χ1v) is 11.5. The molecule has 0 radical (unpaired) electrons. The molecule has 158 valence electrons. The van der Waals surface area contributed by atoms with Crippen molar-refractivity contribution in [1.82, 2.24) is 9.29 Å². The highest BCUT2D eigenvalue weighted by Gasteiger charge is 2.24. The summed E-state index contributed by atoms with van der Waals surface area (Å²) in [5, 5.41) is 5.72. The van der Waals surface area contributed by atoms with Gasteiger partial charge in [0, 0.05) is 35.6 Å². The fourth-order valence-corrected chi connectivity index (χ4v) is 4.82. The lowest BCUT2D eigenvalue weighted by Crippen LogP contribution is -2.23. The number of sulfonamides is 1. The molecule has 1 N–H and O–H groups in total. The average molecular weight is 486 g/mol. The maximum atomic E-state index is 12.7. The van der Waals surface area contributed by atoms with Gasteiger partial charge in [-0.25, -0.2) is 17.7 Å². The summed E-state index contributed by atoms with van der Waals surface area (Å²) < 4.78 is 31.3. The maximum Gasteiger partial charge on any atom is 0.257 e. The Balaban J connectivity index is 1.88. The van der Waals surface area contributed by atoms with Crippen LogP contribution < -0.4 is 10.1 Å². The van der Waals surface area contributed by atoms with Crippen molar-refractivity contribution in [2.45, 2.75) is 4.90 Å². The summed E-state index contributed by atoms with van der Waals surface area (Å²) in [4.78, 5) is 17.0. The van der Waals surface area contributed by atoms with E-state index in [0.29, 0.717) is 26.4 Å². The van der Waals surface area contributed by atoms with Crippen molar-refractivity contribution in [3.63, 3.8) is 0 Å². The molecule has 3 aromatic rings. The number of aromatic nitrogens is 1. The third kappa shape index (κ3) is 4.60. The molecule has 0 aliphatic heterocycles. The molecule has 0 fully saturated rings. The number of methoxy groups -OCH3 is 1. The normalized spacial score (nSPS) is 11.5. The van der Waals surface area contributed by atoms with E-state index in [0.717, 1.165) is 4.31 Å². The first-order valence-electron chi connectivity index (χ1n) is 8.46. The summed E-state index contributed by atoms with van der Waals surface area (Å²) in [7, 11) is 0.372. The topological polar surface area (TPSA) is 88.6 Å². The van der Waals surface area contributed by atoms with Crippen LogP contribution in [-0.2, 0) is 10.0 Å². The van der Waals surface area contributed by atoms with Gasteiger partial charge in [-0.1, -0.05) is 23.2 Å². The van der Waals surface area contributed by atoms with Gasteiger partial charge in [0.15, 0.2) is 5.13 Å². The van der Waals surface area contributed by atoms with Gasteiger partial charge >= 0.3 is 0 Å². The molecular formula is C19H17Cl2N3O4S2. The van der Waals surface area contributed by atoms with Gasteiger partial charge in [-0.2, -0.15) is 0 Å². The van der Waals surface area contributed by atoms with Gasteiger partial charge in [0.25, 0.3) is 5.91 Å². The van der Waals surface area contributed by atoms with Gasteiger partial charge in [0.2, 0.25) is 10.0 Å². The van der Waals surface area contributed by atoms with Gasteiger partial charge in [-0.05, 0) is 36.4 Å². The number of rotatable bonds is 6. The molecule has 3 rings (SSSR count). The second kappa shape index (κ2) is 8.91. The number of halogens is 2. The second-order valence-electron chi connectivity index (χ2n) is 6.27. The van der Waals surface area contributed by atoms with Crippen molar-refractivity contribution < 1.29 is 17.9 Å². The Labute approximate surface area is 188 Å². The summed E-state index contributed by atoms with van der Waals surface area (Å²) in [6.07, 6.45) is 0. The zero-order valence-corrected chi connectivity index (χ0v) is 19.3. The highest BCUT2D eigenvalue weighted by Crippen LogP contribution is 2.33. The summed E-state index contributed by atoms with van der Waals surface area (Å²) in [5.41, 5.74) is 1.42. The molecule has 7 nitrogen and oxygen atoms in total. The van der Waals surface area contributed by atoms with Crippen LogP contribution in [0.15, 0.2) is 46.7 Å². The SMILES string of the molecule is COc1ccc(C(=O)Nc2nc(-c3ccc(Cl)cc3Cl)cs2)cc1S(=O)(=O)N(C)C. The third-order valence-corrected chi connectivity index (χ3v) is 7.26. The minimum absolute atomic E-state index is 0.101. The molecular weight excluding hydrogens is 469 g/mol. The molecule has 0 saturated heterocycles. The molecule has 0 unspecified atom stereocenters. The average Bonchev–Trinajstić information content (AvgIpc) is 3.15. The number of thiazole rings is 1. The van der Waals surface area contributed by atoms with Gasteiger partial charge in [-0.15, -0.1) is 11.3 Å². The van der Waals surface area contributed by atoms with Crippen LogP contribution in [0.4, 0.5) is 5.13 Å². The van der Waals surface area contributed by atoms with Crippen molar-refractivity contribution in [3.8, 4) is 17.0 Å². The van der Waals surface area contributed by atoms with Crippen LogP contribution in [0.5, 0.6) is 5.75 Å². The molecule has 0 atom stereocenters. The summed E-state index contributed by atoms with van der Waals surface area (Å²) in [5.74, 6) is -0.356. The van der Waals surface area contributed by atoms with E-state index in [1.165, 1.54) is 50.7 Å². The number of anilines is 1. The Hall–Kier alpha value is -2.17. The summed E-state index contributed by atoms with van der Waals surface area (Å²) in [6, 6.07) is 9.24. The first-order chi connectivity index (χ1) is 14.1. The van der Waals surface area contributed by atoms with Crippen LogP contribution >= 0.6 is 34.5 Å². The molecule has 0 aliphatic rings. The van der Waals surface area contributed by atoms with Crippen molar-refractivity contribution >= 4 is 55.6 Å². The number of nitrogens with zero attached hydrogens (tertiary/aromatic N) is 2. The number of nitrogens with one attached hydrogen (secondary N) is 1. The minimum Gasteiger partial charge on any atom is -0.495 e. The van der Waals surface area contributed by atoms with E-state index in [2.05, 4.69) is 10.3 Å². The first kappa shape index (κ1) is 22.5. The molecule has 2 aromatic carbocycles. The van der Waals surface area contributed by atoms with Gasteiger partial charge < -0.3 is 4.74 Å². The number of amides is 1. The lowest BCUT2D eigenvalue weighted by molar-refractivity contribution is 0.102. The van der Waals surface area contributed by atoms with Gasteiger partial charge in [0.1, 0.15) is 10.6 Å². The van der Waals surface area contributed by atoms with E-state index in [-0.39, 0.29) is 16.2 Å². The largest absolute Gasteiger partial charge is 0.495 e. The fourth-order valence-electron chi connectivity index (χ4n) is 2.54. The van der Waals surface area contributed by atoms with E-state index in [4.69, 9.17) is 27.9 Å². The Bertz CT molecular complexity index is 1210. The molecule has 1 aromatic heterocycles. The van der Waals surface area contributed by atoms with Crippen LogP contribution in [0.3, 0.4) is 0 Å². The number of ether oxygens (including phenoxy) is 1. The number of hydrogen-bond acceptors (Lipinski definition) is 6. The second-order valence-corrected chi connectivity index (χ2v) is 10.1. The predicted octanol–water partition coefficient (Wildman–Crippen LogP) is 4.63. The van der Waals surface area contributed by atoms with Crippen LogP contribution in [0, 0.1) is 0 Å². The standard InChI is InChI=1S/C19H17Cl2N3O4S2/c1-24(2)30(26,27)17-8-11(4-7-16(17)28-3)18(25)23-19-22-15(10-29-19)13-6-5-12(20)9-14(13)21/h4-10H,1-3H3,(H,22,23,25). The van der Waals surface area contributed by atoms with Crippen LogP contribution in [0.25, 0.3) is 11.3 Å². The summed E-state index contributed by atoms with van der Waals surface area (Å²) >= 11 is 13.3. The molecule has 30 heavy (non-hydrogen) atoms. The van der Waals surface area contributed by atoms with Crippen molar-refractivity contribution in [3.05, 3.63) is 57.4 Å².